The van der Waals surface area contributed by atoms with Crippen LogP contribution in [0, 0.1) is 6.92 Å². The number of anilines is 1. The summed E-state index contributed by atoms with van der Waals surface area (Å²) in [5.41, 5.74) is 3.08. The Kier molecular flexibility index (Phi) is 6.29. The zero-order chi connectivity index (χ0) is 21.8. The average Bonchev–Trinajstić information content (AvgIpc) is 2.76. The first kappa shape index (κ1) is 21.0. The highest BCUT2D eigenvalue weighted by molar-refractivity contribution is 5.93. The Morgan fingerprint density at radius 1 is 1.10 bits per heavy atom. The fraction of sp³-hybridized carbons (Fsp3) is 0.348. The van der Waals surface area contributed by atoms with Gasteiger partial charge in [-0.25, -0.2) is 4.98 Å². The minimum Gasteiger partial charge on any atom is -0.495 e. The molecule has 1 amide bonds. The van der Waals surface area contributed by atoms with Crippen molar-refractivity contribution in [1.82, 2.24) is 19.2 Å². The zero-order valence-electron chi connectivity index (χ0n) is 17.9. The molecule has 1 N–H and O–H groups in total. The molecular weight excluding hydrogens is 394 g/mol. The van der Waals surface area contributed by atoms with Crippen LogP contribution in [-0.4, -0.2) is 64.9 Å². The van der Waals surface area contributed by atoms with Gasteiger partial charge in [0.2, 0.25) is 5.91 Å². The molecule has 0 bridgehead atoms. The number of aryl methyl sites for hydroxylation is 1. The van der Waals surface area contributed by atoms with Gasteiger partial charge in [0.05, 0.1) is 25.0 Å². The number of nitrogens with one attached hydrogen (secondary N) is 1. The van der Waals surface area contributed by atoms with Crippen molar-refractivity contribution in [3.63, 3.8) is 0 Å². The molecule has 1 saturated heterocycles. The summed E-state index contributed by atoms with van der Waals surface area (Å²) in [7, 11) is 1.59. The van der Waals surface area contributed by atoms with Crippen LogP contribution in [-0.2, 0) is 11.3 Å². The lowest BCUT2D eigenvalue weighted by Gasteiger charge is -2.34. The number of aromatic nitrogens is 2. The number of nitrogens with zero attached hydrogens (tertiary/aromatic N) is 4. The third-order valence-electron chi connectivity index (χ3n) is 5.46. The van der Waals surface area contributed by atoms with Crippen molar-refractivity contribution in [2.45, 2.75) is 13.5 Å². The summed E-state index contributed by atoms with van der Waals surface area (Å²) in [6, 6.07) is 12.8. The number of pyridine rings is 1. The summed E-state index contributed by atoms with van der Waals surface area (Å²) in [4.78, 5) is 33.9. The molecule has 1 fully saturated rings. The lowest BCUT2D eigenvalue weighted by molar-refractivity contribution is -0.117. The van der Waals surface area contributed by atoms with E-state index in [0.29, 0.717) is 30.2 Å². The molecule has 0 saturated carbocycles. The Balaban J connectivity index is 1.31. The van der Waals surface area contributed by atoms with Gasteiger partial charge < -0.3 is 10.1 Å². The first-order chi connectivity index (χ1) is 15.0. The van der Waals surface area contributed by atoms with Gasteiger partial charge in [-0.15, -0.1) is 0 Å². The molecule has 2 aromatic heterocycles. The Hall–Kier alpha value is -3.23. The molecule has 0 atom stereocenters. The van der Waals surface area contributed by atoms with Gasteiger partial charge in [-0.2, -0.15) is 0 Å². The number of ether oxygens (including phenoxy) is 1. The molecule has 4 rings (SSSR count). The molecular formula is C23H27N5O3. The molecule has 8 nitrogen and oxygen atoms in total. The molecule has 31 heavy (non-hydrogen) atoms. The molecule has 0 aliphatic carbocycles. The minimum atomic E-state index is -0.0599. The van der Waals surface area contributed by atoms with Crippen LogP contribution in [0.15, 0.2) is 53.5 Å². The smallest absolute Gasteiger partial charge is 0.258 e. The van der Waals surface area contributed by atoms with E-state index in [4.69, 9.17) is 4.74 Å². The average molecular weight is 422 g/mol. The monoisotopic (exact) mass is 421 g/mol. The van der Waals surface area contributed by atoms with E-state index in [2.05, 4.69) is 20.1 Å². The Morgan fingerprint density at radius 3 is 2.61 bits per heavy atom. The van der Waals surface area contributed by atoms with Gasteiger partial charge in [0.25, 0.3) is 5.56 Å². The minimum absolute atomic E-state index is 0.0579. The van der Waals surface area contributed by atoms with Crippen molar-refractivity contribution in [1.29, 1.82) is 0 Å². The van der Waals surface area contributed by atoms with Crippen LogP contribution in [0.2, 0.25) is 0 Å². The number of hydrogen-bond acceptors (Lipinski definition) is 6. The van der Waals surface area contributed by atoms with Crippen molar-refractivity contribution in [3.8, 4) is 5.75 Å². The third-order valence-corrected chi connectivity index (χ3v) is 5.46. The highest BCUT2D eigenvalue weighted by Crippen LogP contribution is 2.22. The summed E-state index contributed by atoms with van der Waals surface area (Å²) < 4.78 is 6.86. The van der Waals surface area contributed by atoms with Crippen LogP contribution >= 0.6 is 0 Å². The molecule has 1 aliphatic heterocycles. The SMILES string of the molecule is COc1ccccc1NC(=O)CN1CCN(Cc2cc(=O)n3cc(C)ccc3n2)CC1. The summed E-state index contributed by atoms with van der Waals surface area (Å²) >= 11 is 0. The molecule has 162 valence electrons. The van der Waals surface area contributed by atoms with Crippen LogP contribution < -0.4 is 15.6 Å². The van der Waals surface area contributed by atoms with E-state index < -0.39 is 0 Å². The summed E-state index contributed by atoms with van der Waals surface area (Å²) in [5, 5.41) is 2.92. The van der Waals surface area contributed by atoms with E-state index in [1.807, 2.05) is 49.5 Å². The predicted molar refractivity (Wildman–Crippen MR) is 120 cm³/mol. The Morgan fingerprint density at radius 2 is 1.84 bits per heavy atom. The molecule has 1 aliphatic rings. The van der Waals surface area contributed by atoms with Gasteiger partial charge in [0.1, 0.15) is 11.4 Å². The largest absolute Gasteiger partial charge is 0.495 e. The number of methoxy groups -OCH3 is 1. The first-order valence-corrected chi connectivity index (χ1v) is 10.4. The molecule has 8 heteroatoms. The van der Waals surface area contributed by atoms with Gasteiger partial charge in [0, 0.05) is 45.0 Å². The van der Waals surface area contributed by atoms with Crippen molar-refractivity contribution >= 4 is 17.2 Å². The second kappa shape index (κ2) is 9.28. The van der Waals surface area contributed by atoms with Crippen molar-refractivity contribution in [2.75, 3.05) is 45.2 Å². The predicted octanol–water partition coefficient (Wildman–Crippen LogP) is 1.77. The van der Waals surface area contributed by atoms with Gasteiger partial charge in [-0.05, 0) is 30.7 Å². The number of amides is 1. The highest BCUT2D eigenvalue weighted by Gasteiger charge is 2.20. The van der Waals surface area contributed by atoms with Crippen LogP contribution in [0.5, 0.6) is 5.75 Å². The zero-order valence-corrected chi connectivity index (χ0v) is 17.9. The van der Waals surface area contributed by atoms with Crippen molar-refractivity contribution in [3.05, 3.63) is 70.3 Å². The van der Waals surface area contributed by atoms with E-state index in [9.17, 15) is 9.59 Å². The van der Waals surface area contributed by atoms with Crippen molar-refractivity contribution in [2.24, 2.45) is 0 Å². The maximum Gasteiger partial charge on any atom is 0.258 e. The van der Waals surface area contributed by atoms with E-state index in [0.717, 1.165) is 37.4 Å². The first-order valence-electron chi connectivity index (χ1n) is 10.4. The second-order valence-corrected chi connectivity index (χ2v) is 7.82. The summed E-state index contributed by atoms with van der Waals surface area (Å²) in [6.45, 7) is 6.11. The number of carbonyl (C=O) groups is 1. The normalized spacial score (nSPS) is 15.2. The number of fused-ring (bicyclic) bond motifs is 1. The number of benzene rings is 1. The van der Waals surface area contributed by atoms with E-state index in [-0.39, 0.29) is 11.5 Å². The van der Waals surface area contributed by atoms with Gasteiger partial charge in [0.15, 0.2) is 0 Å². The highest BCUT2D eigenvalue weighted by atomic mass is 16.5. The van der Waals surface area contributed by atoms with E-state index >= 15 is 0 Å². The van der Waals surface area contributed by atoms with E-state index in [1.165, 1.54) is 0 Å². The van der Waals surface area contributed by atoms with Crippen molar-refractivity contribution < 1.29 is 9.53 Å². The standard InChI is InChI=1S/C23H27N5O3/c1-17-7-8-21-24-18(13-23(30)28(21)14-17)15-26-9-11-27(12-10-26)16-22(29)25-19-5-3-4-6-20(19)31-2/h3-8,13-14H,9-12,15-16H2,1-2H3,(H,25,29). The summed E-state index contributed by atoms with van der Waals surface area (Å²) in [6.07, 6.45) is 1.81. The molecule has 0 unspecified atom stereocenters. The molecule has 3 aromatic rings. The number of piperazine rings is 1. The van der Waals surface area contributed by atoms with Gasteiger partial charge in [-0.3, -0.25) is 23.8 Å². The molecule has 0 radical (unpaired) electrons. The van der Waals surface area contributed by atoms with Gasteiger partial charge in [-0.1, -0.05) is 18.2 Å². The summed E-state index contributed by atoms with van der Waals surface area (Å²) in [5.74, 6) is 0.590. The topological polar surface area (TPSA) is 79.2 Å². The number of hydrogen-bond donors (Lipinski definition) is 1. The van der Waals surface area contributed by atoms with Crippen LogP contribution in [0.3, 0.4) is 0 Å². The quantitative estimate of drug-likeness (QED) is 0.654. The number of para-hydroxylation sites is 2. The van der Waals surface area contributed by atoms with Gasteiger partial charge >= 0.3 is 0 Å². The maximum atomic E-state index is 12.4. The van der Waals surface area contributed by atoms with Crippen LogP contribution in [0.25, 0.3) is 5.65 Å². The van der Waals surface area contributed by atoms with E-state index in [1.54, 1.807) is 17.6 Å². The molecule has 0 spiro atoms. The van der Waals surface area contributed by atoms with Crippen LogP contribution in [0.1, 0.15) is 11.3 Å². The lowest BCUT2D eigenvalue weighted by Crippen LogP contribution is -2.48. The Bertz CT molecular complexity index is 1140. The lowest BCUT2D eigenvalue weighted by atomic mass is 10.2. The fourth-order valence-corrected chi connectivity index (χ4v) is 3.81. The number of rotatable bonds is 6. The third kappa shape index (κ3) is 5.10. The second-order valence-electron chi connectivity index (χ2n) is 7.82. The van der Waals surface area contributed by atoms with Crippen LogP contribution in [0.4, 0.5) is 5.69 Å². The fourth-order valence-electron chi connectivity index (χ4n) is 3.81. The number of carbonyl (C=O) groups excluding carboxylic acids is 1. The molecule has 1 aromatic carbocycles. The Labute approximate surface area is 181 Å². The maximum absolute atomic E-state index is 12.4. The molecule has 3 heterocycles.